The van der Waals surface area contributed by atoms with Crippen molar-refractivity contribution in [1.82, 2.24) is 0 Å². The molecule has 0 aliphatic heterocycles. The fraction of sp³-hybridized carbons (Fsp3) is 0.176. The van der Waals surface area contributed by atoms with E-state index in [9.17, 15) is 14.0 Å². The maximum absolute atomic E-state index is 13.4. The number of hydrogen-bond donors (Lipinski definition) is 1. The summed E-state index contributed by atoms with van der Waals surface area (Å²) in [6.07, 6.45) is 2.92. The van der Waals surface area contributed by atoms with Gasteiger partial charge in [-0.05, 0) is 54.6 Å². The van der Waals surface area contributed by atoms with Gasteiger partial charge in [0.05, 0.1) is 0 Å². The molecule has 0 spiro atoms. The topological polar surface area (TPSA) is 55.4 Å². The minimum atomic E-state index is -0.608. The first-order chi connectivity index (χ1) is 11.0. The fourth-order valence-electron chi connectivity index (χ4n) is 1.75. The van der Waals surface area contributed by atoms with Gasteiger partial charge in [-0.15, -0.1) is 11.3 Å². The van der Waals surface area contributed by atoms with Gasteiger partial charge in [0, 0.05) is 16.6 Å². The summed E-state index contributed by atoms with van der Waals surface area (Å²) in [5.41, 5.74) is 1.88. The number of benzene rings is 1. The lowest BCUT2D eigenvalue weighted by molar-refractivity contribution is -0.142. The minimum Gasteiger partial charge on any atom is -0.452 e. The summed E-state index contributed by atoms with van der Waals surface area (Å²) in [6, 6.07) is 6.30. The third-order valence-corrected chi connectivity index (χ3v) is 4.06. The molecule has 1 amide bonds. The largest absolute Gasteiger partial charge is 0.452 e. The van der Waals surface area contributed by atoms with Crippen molar-refractivity contribution in [2.24, 2.45) is 0 Å². The van der Waals surface area contributed by atoms with E-state index in [1.165, 1.54) is 23.5 Å². The number of anilines is 1. The molecule has 0 saturated carbocycles. The normalized spacial score (nSPS) is 10.7. The predicted molar refractivity (Wildman–Crippen MR) is 88.8 cm³/mol. The van der Waals surface area contributed by atoms with Crippen LogP contribution in [0.5, 0.6) is 0 Å². The van der Waals surface area contributed by atoms with E-state index in [4.69, 9.17) is 4.74 Å². The molecule has 1 N–H and O–H groups in total. The van der Waals surface area contributed by atoms with Gasteiger partial charge in [0.25, 0.3) is 5.91 Å². The van der Waals surface area contributed by atoms with E-state index in [-0.39, 0.29) is 0 Å². The number of carbonyl (C=O) groups is 2. The highest BCUT2D eigenvalue weighted by Crippen LogP contribution is 2.17. The summed E-state index contributed by atoms with van der Waals surface area (Å²) in [7, 11) is 0. The molecule has 4 nitrogen and oxygen atoms in total. The molecule has 0 radical (unpaired) electrons. The van der Waals surface area contributed by atoms with Crippen LogP contribution >= 0.6 is 11.3 Å². The van der Waals surface area contributed by atoms with Gasteiger partial charge in [-0.3, -0.25) is 4.79 Å². The van der Waals surface area contributed by atoms with Crippen LogP contribution in [-0.2, 0) is 14.3 Å². The molecule has 0 aliphatic carbocycles. The number of esters is 1. The summed E-state index contributed by atoms with van der Waals surface area (Å²) in [5, 5.41) is 4.39. The van der Waals surface area contributed by atoms with E-state index >= 15 is 0 Å². The van der Waals surface area contributed by atoms with Crippen LogP contribution in [0.15, 0.2) is 35.7 Å². The lowest BCUT2D eigenvalue weighted by Crippen LogP contribution is -2.20. The number of carbonyl (C=O) groups excluding carboxylic acids is 2. The average Bonchev–Trinajstić information content (AvgIpc) is 2.92. The number of thiophene rings is 1. The van der Waals surface area contributed by atoms with Gasteiger partial charge in [-0.25, -0.2) is 9.18 Å². The molecule has 0 atom stereocenters. The average molecular weight is 333 g/mol. The van der Waals surface area contributed by atoms with Gasteiger partial charge in [0.15, 0.2) is 6.61 Å². The highest BCUT2D eigenvalue weighted by atomic mass is 32.1. The number of halogens is 1. The maximum atomic E-state index is 13.4. The molecular weight excluding hydrogens is 317 g/mol. The van der Waals surface area contributed by atoms with Crippen molar-refractivity contribution in [2.45, 2.75) is 13.8 Å². The first kappa shape index (κ1) is 16.9. The third-order valence-electron chi connectivity index (χ3n) is 3.07. The molecule has 0 fully saturated rings. The van der Waals surface area contributed by atoms with Crippen LogP contribution in [0.3, 0.4) is 0 Å². The molecule has 1 aromatic carbocycles. The summed E-state index contributed by atoms with van der Waals surface area (Å²) >= 11 is 1.51. The van der Waals surface area contributed by atoms with Crippen molar-refractivity contribution in [1.29, 1.82) is 0 Å². The van der Waals surface area contributed by atoms with Gasteiger partial charge < -0.3 is 10.1 Å². The SMILES string of the molecule is Cc1ccc(NC(=O)COC(=O)/C=C/c2sccc2C)cc1F. The van der Waals surface area contributed by atoms with Crippen LogP contribution in [0.2, 0.25) is 0 Å². The van der Waals surface area contributed by atoms with Crippen molar-refractivity contribution in [3.05, 3.63) is 57.5 Å². The van der Waals surface area contributed by atoms with E-state index in [2.05, 4.69) is 5.32 Å². The molecule has 0 bridgehead atoms. The molecule has 1 aromatic heterocycles. The maximum Gasteiger partial charge on any atom is 0.331 e. The Kier molecular flexibility index (Phi) is 5.65. The molecule has 0 aliphatic rings. The van der Waals surface area contributed by atoms with Crippen molar-refractivity contribution in [3.8, 4) is 0 Å². The Morgan fingerprint density at radius 3 is 2.70 bits per heavy atom. The van der Waals surface area contributed by atoms with Crippen LogP contribution in [0.25, 0.3) is 6.08 Å². The molecule has 120 valence electrons. The van der Waals surface area contributed by atoms with Crippen LogP contribution in [0, 0.1) is 19.7 Å². The Labute approximate surface area is 137 Å². The first-order valence-corrected chi connectivity index (χ1v) is 7.78. The Hall–Kier alpha value is -2.47. The van der Waals surface area contributed by atoms with Crippen LogP contribution in [0.1, 0.15) is 16.0 Å². The quantitative estimate of drug-likeness (QED) is 0.670. The number of ether oxygens (including phenoxy) is 1. The van der Waals surface area contributed by atoms with E-state index < -0.39 is 24.3 Å². The van der Waals surface area contributed by atoms with Gasteiger partial charge in [-0.2, -0.15) is 0 Å². The van der Waals surface area contributed by atoms with Crippen molar-refractivity contribution in [2.75, 3.05) is 11.9 Å². The molecule has 0 saturated heterocycles. The zero-order chi connectivity index (χ0) is 16.8. The third kappa shape index (κ3) is 5.03. The zero-order valence-corrected chi connectivity index (χ0v) is 13.6. The zero-order valence-electron chi connectivity index (χ0n) is 12.8. The van der Waals surface area contributed by atoms with Gasteiger partial charge in [0.2, 0.25) is 0 Å². The number of amides is 1. The van der Waals surface area contributed by atoms with E-state index in [1.807, 2.05) is 18.4 Å². The summed E-state index contributed by atoms with van der Waals surface area (Å²) in [4.78, 5) is 24.2. The van der Waals surface area contributed by atoms with E-state index in [0.29, 0.717) is 11.3 Å². The van der Waals surface area contributed by atoms with E-state index in [0.717, 1.165) is 10.4 Å². The van der Waals surface area contributed by atoms with Crippen molar-refractivity contribution in [3.63, 3.8) is 0 Å². The minimum absolute atomic E-state index is 0.318. The van der Waals surface area contributed by atoms with Gasteiger partial charge in [-0.1, -0.05) is 6.07 Å². The molecular formula is C17H16FNO3S. The first-order valence-electron chi connectivity index (χ1n) is 6.90. The molecule has 6 heteroatoms. The fourth-order valence-corrected chi connectivity index (χ4v) is 2.57. The number of nitrogens with one attached hydrogen (secondary N) is 1. The lowest BCUT2D eigenvalue weighted by Gasteiger charge is -2.06. The molecule has 23 heavy (non-hydrogen) atoms. The summed E-state index contributed by atoms with van der Waals surface area (Å²) in [6.45, 7) is 3.14. The second-order valence-corrected chi connectivity index (χ2v) is 5.87. The van der Waals surface area contributed by atoms with Crippen molar-refractivity contribution >= 4 is 35.0 Å². The van der Waals surface area contributed by atoms with Crippen LogP contribution < -0.4 is 5.32 Å². The second kappa shape index (κ2) is 7.69. The Bertz CT molecular complexity index is 752. The Balaban J connectivity index is 1.82. The molecule has 2 rings (SSSR count). The summed E-state index contributed by atoms with van der Waals surface area (Å²) in [5.74, 6) is -1.54. The van der Waals surface area contributed by atoms with Crippen LogP contribution in [-0.4, -0.2) is 18.5 Å². The molecule has 2 aromatic rings. The highest BCUT2D eigenvalue weighted by molar-refractivity contribution is 7.11. The molecule has 1 heterocycles. The van der Waals surface area contributed by atoms with Crippen LogP contribution in [0.4, 0.5) is 10.1 Å². The van der Waals surface area contributed by atoms with Gasteiger partial charge in [0.1, 0.15) is 5.82 Å². The smallest absolute Gasteiger partial charge is 0.331 e. The number of aryl methyl sites for hydroxylation is 2. The number of rotatable bonds is 5. The van der Waals surface area contributed by atoms with Gasteiger partial charge >= 0.3 is 5.97 Å². The standard InChI is InChI=1S/C17H16FNO3S/c1-11-3-4-13(9-14(11)18)19-16(20)10-22-17(21)6-5-15-12(2)7-8-23-15/h3-9H,10H2,1-2H3,(H,19,20)/b6-5+. The second-order valence-electron chi connectivity index (χ2n) is 4.92. The highest BCUT2D eigenvalue weighted by Gasteiger charge is 2.07. The van der Waals surface area contributed by atoms with Crippen molar-refractivity contribution < 1.29 is 18.7 Å². The lowest BCUT2D eigenvalue weighted by atomic mass is 10.2. The Morgan fingerprint density at radius 2 is 2.04 bits per heavy atom. The van der Waals surface area contributed by atoms with E-state index in [1.54, 1.807) is 25.1 Å². The number of hydrogen-bond acceptors (Lipinski definition) is 4. The predicted octanol–water partition coefficient (Wildman–Crippen LogP) is 3.70. The monoisotopic (exact) mass is 333 g/mol. The summed E-state index contributed by atoms with van der Waals surface area (Å²) < 4.78 is 18.2. The molecule has 0 unspecified atom stereocenters. The Morgan fingerprint density at radius 1 is 1.26 bits per heavy atom.